The lowest BCUT2D eigenvalue weighted by Gasteiger charge is -2.19. The number of amides is 1. The number of alkyl carbamates (subject to hydrolysis) is 1. The van der Waals surface area contributed by atoms with E-state index in [0.717, 1.165) is 32.0 Å². The molecule has 0 fully saturated rings. The number of hydrogen-bond acceptors (Lipinski definition) is 3. The molecule has 0 heterocycles. The Kier molecular flexibility index (Phi) is 7.59. The highest BCUT2D eigenvalue weighted by Crippen LogP contribution is 2.09. The van der Waals surface area contributed by atoms with E-state index in [2.05, 4.69) is 5.32 Å². The van der Waals surface area contributed by atoms with Crippen molar-refractivity contribution in [3.63, 3.8) is 0 Å². The Labute approximate surface area is 104 Å². The van der Waals surface area contributed by atoms with Gasteiger partial charge in [0.15, 0.2) is 0 Å². The Bertz CT molecular complexity index is 233. The molecule has 0 saturated heterocycles. The van der Waals surface area contributed by atoms with Crippen LogP contribution in [0.3, 0.4) is 0 Å². The molecule has 0 aliphatic rings. The van der Waals surface area contributed by atoms with Crippen LogP contribution in [0.25, 0.3) is 0 Å². The Morgan fingerprint density at radius 3 is 2.47 bits per heavy atom. The minimum Gasteiger partial charge on any atom is -0.444 e. The fourth-order valence-electron chi connectivity index (χ4n) is 1.40. The minimum absolute atomic E-state index is 0.163. The summed E-state index contributed by atoms with van der Waals surface area (Å²) in [7, 11) is 0. The van der Waals surface area contributed by atoms with E-state index in [-0.39, 0.29) is 12.0 Å². The van der Waals surface area contributed by atoms with Gasteiger partial charge in [0, 0.05) is 12.5 Å². The summed E-state index contributed by atoms with van der Waals surface area (Å²) in [4.78, 5) is 21.9. The summed E-state index contributed by atoms with van der Waals surface area (Å²) >= 11 is 0. The van der Waals surface area contributed by atoms with Crippen molar-refractivity contribution in [2.75, 3.05) is 6.54 Å². The second kappa shape index (κ2) is 8.09. The number of carbonyl (C=O) groups excluding carboxylic acids is 2. The molecule has 0 bridgehead atoms. The van der Waals surface area contributed by atoms with E-state index in [0.29, 0.717) is 6.54 Å². The number of hydrogen-bond donors (Lipinski definition) is 1. The van der Waals surface area contributed by atoms with Gasteiger partial charge in [-0.15, -0.1) is 0 Å². The van der Waals surface area contributed by atoms with Crippen LogP contribution in [0.2, 0.25) is 0 Å². The number of aldehydes is 1. The van der Waals surface area contributed by atoms with E-state index < -0.39 is 5.60 Å². The summed E-state index contributed by atoms with van der Waals surface area (Å²) in [6.45, 7) is 8.12. The van der Waals surface area contributed by atoms with E-state index in [1.165, 1.54) is 0 Å². The minimum atomic E-state index is -0.449. The summed E-state index contributed by atoms with van der Waals surface area (Å²) in [5.74, 6) is 0.163. The predicted octanol–water partition coefficient (Wildman–Crippen LogP) is 2.91. The number of ether oxygens (including phenoxy) is 1. The summed E-state index contributed by atoms with van der Waals surface area (Å²) in [6, 6.07) is 0. The molecular formula is C13H25NO3. The first-order valence-electron chi connectivity index (χ1n) is 6.31. The summed E-state index contributed by atoms with van der Waals surface area (Å²) in [5.41, 5.74) is -0.449. The van der Waals surface area contributed by atoms with Crippen LogP contribution in [0.1, 0.15) is 53.4 Å². The quantitative estimate of drug-likeness (QED) is 0.552. The number of rotatable bonds is 7. The zero-order chi connectivity index (χ0) is 13.3. The maximum Gasteiger partial charge on any atom is 0.407 e. The van der Waals surface area contributed by atoms with Gasteiger partial charge in [0.05, 0.1) is 0 Å². The van der Waals surface area contributed by atoms with Gasteiger partial charge in [-0.2, -0.15) is 0 Å². The van der Waals surface area contributed by atoms with Gasteiger partial charge in [-0.05, 0) is 40.0 Å². The van der Waals surface area contributed by atoms with Gasteiger partial charge < -0.3 is 14.8 Å². The predicted molar refractivity (Wildman–Crippen MR) is 67.9 cm³/mol. The van der Waals surface area contributed by atoms with E-state index in [1.54, 1.807) is 0 Å². The summed E-state index contributed by atoms with van der Waals surface area (Å²) in [6.07, 6.45) is 4.26. The van der Waals surface area contributed by atoms with Gasteiger partial charge in [-0.25, -0.2) is 4.79 Å². The van der Waals surface area contributed by atoms with E-state index in [9.17, 15) is 9.59 Å². The van der Waals surface area contributed by atoms with Crippen molar-refractivity contribution in [1.82, 2.24) is 5.32 Å². The van der Waals surface area contributed by atoms with Gasteiger partial charge in [0.25, 0.3) is 0 Å². The average molecular weight is 243 g/mol. The van der Waals surface area contributed by atoms with Crippen molar-refractivity contribution in [2.45, 2.75) is 59.0 Å². The van der Waals surface area contributed by atoms with Crippen LogP contribution in [-0.2, 0) is 9.53 Å². The van der Waals surface area contributed by atoms with Crippen LogP contribution in [0.5, 0.6) is 0 Å². The van der Waals surface area contributed by atoms with Crippen molar-refractivity contribution < 1.29 is 14.3 Å². The fraction of sp³-hybridized carbons (Fsp3) is 0.846. The van der Waals surface area contributed by atoms with Crippen LogP contribution in [0, 0.1) is 5.92 Å². The monoisotopic (exact) mass is 243 g/mol. The molecule has 100 valence electrons. The molecule has 1 amide bonds. The first kappa shape index (κ1) is 15.9. The zero-order valence-electron chi connectivity index (χ0n) is 11.4. The first-order chi connectivity index (χ1) is 7.89. The average Bonchev–Trinajstić information content (AvgIpc) is 2.21. The zero-order valence-corrected chi connectivity index (χ0v) is 11.4. The molecule has 17 heavy (non-hydrogen) atoms. The third-order valence-electron chi connectivity index (χ3n) is 2.39. The molecule has 0 aliphatic heterocycles. The van der Waals surface area contributed by atoms with Crippen molar-refractivity contribution >= 4 is 12.4 Å². The van der Waals surface area contributed by atoms with Crippen molar-refractivity contribution in [1.29, 1.82) is 0 Å². The molecule has 0 spiro atoms. The van der Waals surface area contributed by atoms with E-state index >= 15 is 0 Å². The molecule has 0 aliphatic carbocycles. The Morgan fingerprint density at radius 1 is 1.35 bits per heavy atom. The third-order valence-corrected chi connectivity index (χ3v) is 2.39. The van der Waals surface area contributed by atoms with Gasteiger partial charge >= 0.3 is 6.09 Å². The summed E-state index contributed by atoms with van der Waals surface area (Å²) < 4.78 is 5.10. The largest absolute Gasteiger partial charge is 0.444 e. The molecule has 0 saturated carbocycles. The summed E-state index contributed by atoms with van der Waals surface area (Å²) in [5, 5.41) is 2.70. The second-order valence-electron chi connectivity index (χ2n) is 5.23. The second-order valence-corrected chi connectivity index (χ2v) is 5.23. The van der Waals surface area contributed by atoms with Gasteiger partial charge in [-0.1, -0.05) is 13.3 Å². The number of nitrogens with one attached hydrogen (secondary N) is 1. The van der Waals surface area contributed by atoms with Crippen LogP contribution >= 0.6 is 0 Å². The lowest BCUT2D eigenvalue weighted by molar-refractivity contribution is -0.111. The first-order valence-corrected chi connectivity index (χ1v) is 6.31. The third kappa shape index (κ3) is 9.85. The maximum absolute atomic E-state index is 11.3. The lowest BCUT2D eigenvalue weighted by atomic mass is 10.0. The molecule has 1 unspecified atom stereocenters. The fourth-order valence-corrected chi connectivity index (χ4v) is 1.40. The highest BCUT2D eigenvalue weighted by atomic mass is 16.6. The van der Waals surface area contributed by atoms with Gasteiger partial charge in [0.2, 0.25) is 0 Å². The highest BCUT2D eigenvalue weighted by molar-refractivity contribution is 5.67. The number of unbranched alkanes of at least 4 members (excludes halogenated alkanes) is 1. The smallest absolute Gasteiger partial charge is 0.407 e. The SMILES string of the molecule is CCC(C=O)CCCCNC(=O)OC(C)(C)C. The van der Waals surface area contributed by atoms with E-state index in [1.807, 2.05) is 27.7 Å². The van der Waals surface area contributed by atoms with Gasteiger partial charge in [-0.3, -0.25) is 0 Å². The van der Waals surface area contributed by atoms with Crippen LogP contribution in [0.4, 0.5) is 4.79 Å². The molecule has 0 aromatic rings. The number of carbonyl (C=O) groups is 2. The molecule has 4 heteroatoms. The standard InChI is InChI=1S/C13H25NO3/c1-5-11(10-15)8-6-7-9-14-12(16)17-13(2,3)4/h10-11H,5-9H2,1-4H3,(H,14,16). The molecule has 0 rings (SSSR count). The molecule has 0 aromatic heterocycles. The van der Waals surface area contributed by atoms with Crippen LogP contribution < -0.4 is 5.32 Å². The van der Waals surface area contributed by atoms with E-state index in [4.69, 9.17) is 4.74 Å². The Balaban J connectivity index is 3.52. The molecule has 0 radical (unpaired) electrons. The Hall–Kier alpha value is -1.06. The topological polar surface area (TPSA) is 55.4 Å². The molecule has 1 N–H and O–H groups in total. The van der Waals surface area contributed by atoms with Crippen LogP contribution in [0.15, 0.2) is 0 Å². The highest BCUT2D eigenvalue weighted by Gasteiger charge is 2.15. The lowest BCUT2D eigenvalue weighted by Crippen LogP contribution is -2.33. The van der Waals surface area contributed by atoms with Crippen LogP contribution in [-0.4, -0.2) is 24.5 Å². The normalized spacial score (nSPS) is 12.9. The Morgan fingerprint density at radius 2 is 2.00 bits per heavy atom. The van der Waals surface area contributed by atoms with Crippen molar-refractivity contribution in [3.05, 3.63) is 0 Å². The molecular weight excluding hydrogens is 218 g/mol. The van der Waals surface area contributed by atoms with Crippen molar-refractivity contribution in [2.24, 2.45) is 5.92 Å². The molecule has 0 aromatic carbocycles. The van der Waals surface area contributed by atoms with Gasteiger partial charge in [0.1, 0.15) is 11.9 Å². The molecule has 4 nitrogen and oxygen atoms in total. The molecule has 1 atom stereocenters. The maximum atomic E-state index is 11.3. The van der Waals surface area contributed by atoms with Crippen molar-refractivity contribution in [3.8, 4) is 0 Å².